The van der Waals surface area contributed by atoms with E-state index in [1.54, 1.807) is 32.9 Å². The third-order valence-corrected chi connectivity index (χ3v) is 3.16. The van der Waals surface area contributed by atoms with Crippen molar-refractivity contribution in [3.05, 3.63) is 41.2 Å². The number of hydrogen-bond donors (Lipinski definition) is 2. The van der Waals surface area contributed by atoms with Gasteiger partial charge in [-0.1, -0.05) is 23.7 Å². The first-order chi connectivity index (χ1) is 10.9. The Morgan fingerprint density at radius 3 is 2.70 bits per heavy atom. The first-order valence-electron chi connectivity index (χ1n) is 7.15. The smallest absolute Gasteiger partial charge is 0.342 e. The predicted octanol–water partition coefficient (Wildman–Crippen LogP) is 2.57. The number of carbonyl (C=O) groups is 2. The summed E-state index contributed by atoms with van der Waals surface area (Å²) in [5.41, 5.74) is 0.818. The molecule has 0 aliphatic heterocycles. The number of phenolic OH excluding ortho intramolecular Hbond substituents is 1. The lowest BCUT2D eigenvalue weighted by Crippen LogP contribution is -2.32. The molecule has 122 valence electrons. The van der Waals surface area contributed by atoms with Crippen LogP contribution in [0.2, 0.25) is 0 Å². The first-order valence-corrected chi connectivity index (χ1v) is 7.15. The summed E-state index contributed by atoms with van der Waals surface area (Å²) in [7, 11) is 0. The van der Waals surface area contributed by atoms with Gasteiger partial charge in [-0.2, -0.15) is 0 Å². The molecule has 0 aliphatic carbocycles. The second-order valence-corrected chi connectivity index (χ2v) is 5.13. The van der Waals surface area contributed by atoms with Crippen molar-refractivity contribution >= 4 is 17.7 Å². The van der Waals surface area contributed by atoms with Gasteiger partial charge in [0.05, 0.1) is 0 Å². The number of esters is 1. The van der Waals surface area contributed by atoms with Crippen molar-refractivity contribution in [2.45, 2.75) is 33.3 Å². The van der Waals surface area contributed by atoms with E-state index in [9.17, 15) is 14.7 Å². The maximum Gasteiger partial charge on any atom is 0.342 e. The number of aromatic nitrogens is 1. The summed E-state index contributed by atoms with van der Waals surface area (Å²) in [4.78, 5) is 24.3. The molecular formula is C16H18N2O5. The fourth-order valence-electron chi connectivity index (χ4n) is 1.96. The van der Waals surface area contributed by atoms with Gasteiger partial charge in [-0.05, 0) is 32.4 Å². The van der Waals surface area contributed by atoms with Gasteiger partial charge in [0.15, 0.2) is 11.9 Å². The highest BCUT2D eigenvalue weighted by Gasteiger charge is 2.24. The zero-order chi connectivity index (χ0) is 17.0. The number of aromatic hydroxyl groups is 1. The number of nitrogens with one attached hydrogen (secondary N) is 1. The number of aryl methyl sites for hydroxylation is 2. The second-order valence-electron chi connectivity index (χ2n) is 5.13. The van der Waals surface area contributed by atoms with Crippen molar-refractivity contribution in [3.8, 4) is 5.75 Å². The molecular weight excluding hydrogens is 300 g/mol. The SMILES string of the molecule is CCC(OC(=O)c1cc(C)ccc1O)C(=O)Nc1cc(C)on1. The Kier molecular flexibility index (Phi) is 5.00. The van der Waals surface area contributed by atoms with Crippen LogP contribution in [-0.2, 0) is 9.53 Å². The van der Waals surface area contributed by atoms with Crippen molar-refractivity contribution in [1.29, 1.82) is 0 Å². The lowest BCUT2D eigenvalue weighted by Gasteiger charge is -2.15. The molecule has 1 heterocycles. The van der Waals surface area contributed by atoms with Gasteiger partial charge in [0.2, 0.25) is 0 Å². The number of hydrogen-bond acceptors (Lipinski definition) is 6. The summed E-state index contributed by atoms with van der Waals surface area (Å²) < 4.78 is 10.0. The van der Waals surface area contributed by atoms with Crippen LogP contribution >= 0.6 is 0 Å². The molecule has 0 saturated heterocycles. The van der Waals surface area contributed by atoms with Crippen molar-refractivity contribution in [1.82, 2.24) is 5.16 Å². The summed E-state index contributed by atoms with van der Waals surface area (Å²) in [6.45, 7) is 5.19. The molecule has 1 aromatic heterocycles. The number of ether oxygens (including phenoxy) is 1. The van der Waals surface area contributed by atoms with Crippen LogP contribution in [-0.4, -0.2) is 28.2 Å². The number of nitrogens with zero attached hydrogens (tertiary/aromatic N) is 1. The van der Waals surface area contributed by atoms with Crippen molar-refractivity contribution in [2.75, 3.05) is 5.32 Å². The Bertz CT molecular complexity index is 723. The van der Waals surface area contributed by atoms with Crippen molar-refractivity contribution in [3.63, 3.8) is 0 Å². The van der Waals surface area contributed by atoms with E-state index < -0.39 is 18.0 Å². The van der Waals surface area contributed by atoms with Crippen LogP contribution < -0.4 is 5.32 Å². The maximum absolute atomic E-state index is 12.2. The number of benzene rings is 1. The molecule has 0 fully saturated rings. The first kappa shape index (κ1) is 16.5. The number of anilines is 1. The van der Waals surface area contributed by atoms with Crippen molar-refractivity contribution in [2.24, 2.45) is 0 Å². The Balaban J connectivity index is 2.07. The molecule has 2 N–H and O–H groups in total. The van der Waals surface area contributed by atoms with Gasteiger partial charge >= 0.3 is 5.97 Å². The monoisotopic (exact) mass is 318 g/mol. The van der Waals surface area contributed by atoms with Gasteiger partial charge in [0.25, 0.3) is 5.91 Å². The Labute approximate surface area is 133 Å². The minimum absolute atomic E-state index is 0.0218. The van der Waals surface area contributed by atoms with E-state index in [1.807, 2.05) is 0 Å². The van der Waals surface area contributed by atoms with Gasteiger partial charge in [0.1, 0.15) is 17.1 Å². The molecule has 7 nitrogen and oxygen atoms in total. The molecule has 7 heteroatoms. The quantitative estimate of drug-likeness (QED) is 0.822. The standard InChI is InChI=1S/C16H18N2O5/c1-4-13(15(20)17-14-8-10(3)23-18-14)22-16(21)11-7-9(2)5-6-12(11)19/h5-8,13,19H,4H2,1-3H3,(H,17,18,20). The summed E-state index contributed by atoms with van der Waals surface area (Å²) in [6.07, 6.45) is -0.722. The highest BCUT2D eigenvalue weighted by Crippen LogP contribution is 2.20. The minimum atomic E-state index is -1.00. The third-order valence-electron chi connectivity index (χ3n) is 3.16. The molecule has 1 amide bonds. The largest absolute Gasteiger partial charge is 0.507 e. The van der Waals surface area contributed by atoms with Crippen LogP contribution in [0.25, 0.3) is 0 Å². The summed E-state index contributed by atoms with van der Waals surface area (Å²) in [5, 5.41) is 15.9. The fourth-order valence-corrected chi connectivity index (χ4v) is 1.96. The van der Waals surface area contributed by atoms with Crippen LogP contribution in [0.4, 0.5) is 5.82 Å². The molecule has 1 atom stereocenters. The Morgan fingerprint density at radius 1 is 1.35 bits per heavy atom. The number of phenols is 1. The highest BCUT2D eigenvalue weighted by atomic mass is 16.5. The third kappa shape index (κ3) is 4.09. The highest BCUT2D eigenvalue weighted by molar-refractivity contribution is 5.98. The zero-order valence-electron chi connectivity index (χ0n) is 13.1. The maximum atomic E-state index is 12.2. The fraction of sp³-hybridized carbons (Fsp3) is 0.312. The van der Waals surface area contributed by atoms with E-state index in [2.05, 4.69) is 10.5 Å². The van der Waals surface area contributed by atoms with E-state index >= 15 is 0 Å². The van der Waals surface area contributed by atoms with Crippen molar-refractivity contribution < 1.29 is 24.0 Å². The summed E-state index contributed by atoms with van der Waals surface area (Å²) in [5.74, 6) is -0.663. The van der Waals surface area contributed by atoms with Gasteiger partial charge in [-0.15, -0.1) is 0 Å². The van der Waals surface area contributed by atoms with Crippen LogP contribution in [0.15, 0.2) is 28.8 Å². The normalized spacial score (nSPS) is 11.8. The van der Waals surface area contributed by atoms with E-state index in [0.717, 1.165) is 5.56 Å². The molecule has 23 heavy (non-hydrogen) atoms. The van der Waals surface area contributed by atoms with E-state index in [1.165, 1.54) is 12.1 Å². The molecule has 0 aliphatic rings. The lowest BCUT2D eigenvalue weighted by molar-refractivity contribution is -0.124. The Morgan fingerprint density at radius 2 is 2.09 bits per heavy atom. The number of carbonyl (C=O) groups excluding carboxylic acids is 2. The summed E-state index contributed by atoms with van der Waals surface area (Å²) >= 11 is 0. The molecule has 1 aromatic carbocycles. The number of rotatable bonds is 5. The molecule has 1 unspecified atom stereocenters. The van der Waals surface area contributed by atoms with Crippen LogP contribution in [0.5, 0.6) is 5.75 Å². The zero-order valence-corrected chi connectivity index (χ0v) is 13.1. The van der Waals surface area contributed by atoms with Crippen LogP contribution in [0, 0.1) is 13.8 Å². The van der Waals surface area contributed by atoms with Gasteiger partial charge in [-0.3, -0.25) is 4.79 Å². The number of amides is 1. The van der Waals surface area contributed by atoms with Gasteiger partial charge < -0.3 is 19.7 Å². The van der Waals surface area contributed by atoms with Crippen LogP contribution in [0.3, 0.4) is 0 Å². The van der Waals surface area contributed by atoms with E-state index in [4.69, 9.17) is 9.26 Å². The van der Waals surface area contributed by atoms with E-state index in [-0.39, 0.29) is 23.6 Å². The molecule has 0 radical (unpaired) electrons. The molecule has 0 bridgehead atoms. The average molecular weight is 318 g/mol. The lowest BCUT2D eigenvalue weighted by atomic mass is 10.1. The summed E-state index contributed by atoms with van der Waals surface area (Å²) in [6, 6.07) is 6.14. The van der Waals surface area contributed by atoms with E-state index in [0.29, 0.717) is 5.76 Å². The topological polar surface area (TPSA) is 102 Å². The molecule has 0 spiro atoms. The molecule has 2 rings (SSSR count). The minimum Gasteiger partial charge on any atom is -0.507 e. The van der Waals surface area contributed by atoms with Crippen LogP contribution in [0.1, 0.15) is 35.0 Å². The molecule has 2 aromatic rings. The molecule has 0 saturated carbocycles. The van der Waals surface area contributed by atoms with Gasteiger partial charge in [-0.25, -0.2) is 4.79 Å². The predicted molar refractivity (Wildman–Crippen MR) is 82.2 cm³/mol. The van der Waals surface area contributed by atoms with Gasteiger partial charge in [0, 0.05) is 6.07 Å². The second kappa shape index (κ2) is 6.95. The average Bonchev–Trinajstić information content (AvgIpc) is 2.91. The Hall–Kier alpha value is -2.83.